The average molecular weight is 301 g/mol. The minimum Gasteiger partial charge on any atom is -0.487 e. The molecule has 1 aromatic carbocycles. The SMILES string of the molecule is CC1(C)CC(=O)c2cc(NC(=O)c3cccs3)ccc2O1. The van der Waals surface area contributed by atoms with Crippen molar-refractivity contribution in [3.8, 4) is 5.75 Å². The first-order valence-corrected chi connectivity index (χ1v) is 7.54. The molecule has 1 aromatic heterocycles. The van der Waals surface area contributed by atoms with Gasteiger partial charge < -0.3 is 10.1 Å². The molecule has 0 saturated heterocycles. The molecular weight excluding hydrogens is 286 g/mol. The topological polar surface area (TPSA) is 55.4 Å². The van der Waals surface area contributed by atoms with Crippen LogP contribution in [-0.4, -0.2) is 17.3 Å². The van der Waals surface area contributed by atoms with Crippen molar-refractivity contribution in [2.24, 2.45) is 0 Å². The van der Waals surface area contributed by atoms with Crippen LogP contribution in [0, 0.1) is 0 Å². The average Bonchev–Trinajstić information content (AvgIpc) is 2.92. The zero-order valence-corrected chi connectivity index (χ0v) is 12.6. The van der Waals surface area contributed by atoms with Gasteiger partial charge >= 0.3 is 0 Å². The number of thiophene rings is 1. The first-order chi connectivity index (χ1) is 9.94. The monoisotopic (exact) mass is 301 g/mol. The van der Waals surface area contributed by atoms with E-state index in [-0.39, 0.29) is 11.7 Å². The van der Waals surface area contributed by atoms with Crippen LogP contribution in [0.3, 0.4) is 0 Å². The Morgan fingerprint density at radius 1 is 1.33 bits per heavy atom. The highest BCUT2D eigenvalue weighted by Gasteiger charge is 2.32. The molecule has 2 heterocycles. The molecule has 0 bridgehead atoms. The summed E-state index contributed by atoms with van der Waals surface area (Å²) in [5.41, 5.74) is 0.647. The molecule has 5 heteroatoms. The smallest absolute Gasteiger partial charge is 0.265 e. The van der Waals surface area contributed by atoms with Crippen molar-refractivity contribution in [3.05, 3.63) is 46.2 Å². The molecule has 1 aliphatic heterocycles. The number of ether oxygens (including phenoxy) is 1. The highest BCUT2D eigenvalue weighted by Crippen LogP contribution is 2.34. The molecule has 2 aromatic rings. The van der Waals surface area contributed by atoms with E-state index in [9.17, 15) is 9.59 Å². The summed E-state index contributed by atoms with van der Waals surface area (Å²) in [6, 6.07) is 8.75. The number of nitrogens with one attached hydrogen (secondary N) is 1. The second kappa shape index (κ2) is 5.00. The molecule has 0 atom stereocenters. The van der Waals surface area contributed by atoms with Crippen LogP contribution in [0.1, 0.15) is 40.3 Å². The van der Waals surface area contributed by atoms with Crippen LogP contribution in [-0.2, 0) is 0 Å². The molecule has 0 fully saturated rings. The molecule has 4 nitrogen and oxygen atoms in total. The number of benzene rings is 1. The molecule has 1 aliphatic rings. The summed E-state index contributed by atoms with van der Waals surface area (Å²) >= 11 is 1.38. The van der Waals surface area contributed by atoms with Gasteiger partial charge in [-0.3, -0.25) is 9.59 Å². The molecule has 0 unspecified atom stereocenters. The van der Waals surface area contributed by atoms with Gasteiger partial charge in [0.15, 0.2) is 5.78 Å². The van der Waals surface area contributed by atoms with E-state index in [1.807, 2.05) is 25.3 Å². The van der Waals surface area contributed by atoms with Gasteiger partial charge in [0.1, 0.15) is 11.4 Å². The van der Waals surface area contributed by atoms with E-state index >= 15 is 0 Å². The lowest BCUT2D eigenvalue weighted by Gasteiger charge is -2.31. The van der Waals surface area contributed by atoms with Crippen LogP contribution in [0.2, 0.25) is 0 Å². The maximum atomic E-state index is 12.2. The number of rotatable bonds is 2. The molecule has 0 spiro atoms. The fourth-order valence-corrected chi connectivity index (χ4v) is 2.95. The molecule has 0 radical (unpaired) electrons. The molecule has 21 heavy (non-hydrogen) atoms. The summed E-state index contributed by atoms with van der Waals surface area (Å²) in [7, 11) is 0. The van der Waals surface area contributed by atoms with Crippen molar-refractivity contribution >= 4 is 28.7 Å². The predicted octanol–water partition coefficient (Wildman–Crippen LogP) is 3.74. The molecule has 1 N–H and O–H groups in total. The summed E-state index contributed by atoms with van der Waals surface area (Å²) < 4.78 is 5.79. The van der Waals surface area contributed by atoms with E-state index in [1.165, 1.54) is 11.3 Å². The number of ketones is 1. The number of hydrogen-bond donors (Lipinski definition) is 1. The maximum Gasteiger partial charge on any atom is 0.265 e. The van der Waals surface area contributed by atoms with Crippen molar-refractivity contribution in [1.82, 2.24) is 0 Å². The third-order valence-corrected chi connectivity index (χ3v) is 4.12. The second-order valence-corrected chi connectivity index (χ2v) is 6.55. The van der Waals surface area contributed by atoms with Gasteiger partial charge in [-0.2, -0.15) is 0 Å². The number of amides is 1. The molecule has 0 saturated carbocycles. The van der Waals surface area contributed by atoms with Crippen molar-refractivity contribution in [3.63, 3.8) is 0 Å². The van der Waals surface area contributed by atoms with Gasteiger partial charge in [-0.15, -0.1) is 11.3 Å². The second-order valence-electron chi connectivity index (χ2n) is 5.60. The van der Waals surface area contributed by atoms with Crippen LogP contribution < -0.4 is 10.1 Å². The Morgan fingerprint density at radius 3 is 2.86 bits per heavy atom. The number of fused-ring (bicyclic) bond motifs is 1. The van der Waals surface area contributed by atoms with Gasteiger partial charge in [0, 0.05) is 5.69 Å². The summed E-state index contributed by atoms with van der Waals surface area (Å²) in [5.74, 6) is 0.438. The normalized spacial score (nSPS) is 16.0. The number of hydrogen-bond acceptors (Lipinski definition) is 4. The van der Waals surface area contributed by atoms with Gasteiger partial charge in [-0.05, 0) is 43.5 Å². The zero-order chi connectivity index (χ0) is 15.0. The summed E-state index contributed by atoms with van der Waals surface area (Å²) in [6.07, 6.45) is 0.336. The fourth-order valence-electron chi connectivity index (χ4n) is 2.33. The Morgan fingerprint density at radius 2 is 2.14 bits per heavy atom. The van der Waals surface area contributed by atoms with Gasteiger partial charge in [-0.25, -0.2) is 0 Å². The minimum absolute atomic E-state index is 0.0356. The van der Waals surface area contributed by atoms with Gasteiger partial charge in [0.05, 0.1) is 16.9 Å². The van der Waals surface area contributed by atoms with E-state index in [0.717, 1.165) is 0 Å². The standard InChI is InChI=1S/C16H15NO3S/c1-16(2)9-12(18)11-8-10(5-6-13(11)20-16)17-15(19)14-4-3-7-21-14/h3-8H,9H2,1-2H3,(H,17,19). The van der Waals surface area contributed by atoms with E-state index in [0.29, 0.717) is 28.3 Å². The van der Waals surface area contributed by atoms with Crippen LogP contribution in [0.5, 0.6) is 5.75 Å². The first kappa shape index (κ1) is 13.8. The summed E-state index contributed by atoms with van der Waals surface area (Å²) in [4.78, 5) is 24.8. The van der Waals surface area contributed by atoms with E-state index in [4.69, 9.17) is 4.74 Å². The Balaban J connectivity index is 1.85. The van der Waals surface area contributed by atoms with Crippen molar-refractivity contribution < 1.29 is 14.3 Å². The molecule has 3 rings (SSSR count). The Labute approximate surface area is 126 Å². The number of carbonyl (C=O) groups excluding carboxylic acids is 2. The first-order valence-electron chi connectivity index (χ1n) is 6.66. The molecule has 108 valence electrons. The summed E-state index contributed by atoms with van der Waals surface area (Å²) in [5, 5.41) is 4.65. The number of carbonyl (C=O) groups is 2. The fraction of sp³-hybridized carbons (Fsp3) is 0.250. The number of anilines is 1. The Bertz CT molecular complexity index is 704. The zero-order valence-electron chi connectivity index (χ0n) is 11.8. The van der Waals surface area contributed by atoms with Crippen molar-refractivity contribution in [2.75, 3.05) is 5.32 Å². The van der Waals surface area contributed by atoms with E-state index in [1.54, 1.807) is 24.3 Å². The van der Waals surface area contributed by atoms with Crippen LogP contribution in [0.15, 0.2) is 35.7 Å². The third kappa shape index (κ3) is 2.83. The Hall–Kier alpha value is -2.14. The molecule has 1 amide bonds. The largest absolute Gasteiger partial charge is 0.487 e. The third-order valence-electron chi connectivity index (χ3n) is 3.26. The molecule has 0 aliphatic carbocycles. The Kier molecular flexibility index (Phi) is 3.29. The quantitative estimate of drug-likeness (QED) is 0.919. The maximum absolute atomic E-state index is 12.2. The van der Waals surface area contributed by atoms with Crippen LogP contribution >= 0.6 is 11.3 Å². The van der Waals surface area contributed by atoms with Gasteiger partial charge in [-0.1, -0.05) is 6.07 Å². The van der Waals surface area contributed by atoms with Crippen LogP contribution in [0.4, 0.5) is 5.69 Å². The van der Waals surface area contributed by atoms with Gasteiger partial charge in [0.2, 0.25) is 0 Å². The van der Waals surface area contributed by atoms with Crippen LogP contribution in [0.25, 0.3) is 0 Å². The lowest BCUT2D eigenvalue weighted by Crippen LogP contribution is -2.35. The van der Waals surface area contributed by atoms with E-state index in [2.05, 4.69) is 5.32 Å². The van der Waals surface area contributed by atoms with Gasteiger partial charge in [0.25, 0.3) is 5.91 Å². The lowest BCUT2D eigenvalue weighted by molar-refractivity contribution is 0.0620. The van der Waals surface area contributed by atoms with Crippen molar-refractivity contribution in [2.45, 2.75) is 25.9 Å². The lowest BCUT2D eigenvalue weighted by atomic mass is 9.93. The number of Topliss-reactive ketones (excluding diaryl/α,β-unsaturated/α-hetero) is 1. The highest BCUT2D eigenvalue weighted by atomic mass is 32.1. The summed E-state index contributed by atoms with van der Waals surface area (Å²) in [6.45, 7) is 3.78. The minimum atomic E-state index is -0.480. The predicted molar refractivity (Wildman–Crippen MR) is 82.4 cm³/mol. The van der Waals surface area contributed by atoms with E-state index < -0.39 is 5.60 Å². The molecular formula is C16H15NO3S. The van der Waals surface area contributed by atoms with Crippen molar-refractivity contribution in [1.29, 1.82) is 0 Å². The highest BCUT2D eigenvalue weighted by molar-refractivity contribution is 7.12.